The lowest BCUT2D eigenvalue weighted by Crippen LogP contribution is -2.28. The Kier molecular flexibility index (Phi) is 2.70. The highest BCUT2D eigenvalue weighted by Gasteiger charge is 2.26. The first-order chi connectivity index (χ1) is 7.43. The van der Waals surface area contributed by atoms with Crippen molar-refractivity contribution in [3.63, 3.8) is 0 Å². The second-order valence-electron chi connectivity index (χ2n) is 5.24. The Morgan fingerprint density at radius 3 is 2.69 bits per heavy atom. The first-order valence-corrected chi connectivity index (χ1v) is 6.06. The van der Waals surface area contributed by atoms with Crippen molar-refractivity contribution in [1.82, 2.24) is 0 Å². The van der Waals surface area contributed by atoms with Crippen LogP contribution in [0.1, 0.15) is 38.8 Å². The molecule has 0 saturated heterocycles. The molecule has 1 aliphatic rings. The van der Waals surface area contributed by atoms with E-state index in [2.05, 4.69) is 30.9 Å². The van der Waals surface area contributed by atoms with Crippen LogP contribution in [0.25, 0.3) is 0 Å². The highest BCUT2D eigenvalue weighted by molar-refractivity contribution is 5.61. The fourth-order valence-electron chi connectivity index (χ4n) is 2.53. The minimum absolute atomic E-state index is 0.581. The zero-order valence-electron chi connectivity index (χ0n) is 10.6. The molecule has 2 heteroatoms. The fourth-order valence-corrected chi connectivity index (χ4v) is 2.53. The van der Waals surface area contributed by atoms with Gasteiger partial charge in [-0.2, -0.15) is 0 Å². The van der Waals surface area contributed by atoms with E-state index in [9.17, 15) is 5.11 Å². The Labute approximate surface area is 97.9 Å². The Morgan fingerprint density at radius 1 is 1.44 bits per heavy atom. The summed E-state index contributed by atoms with van der Waals surface area (Å²) in [6.07, 6.45) is 1.12. The number of hydrogen-bond donors (Lipinski definition) is 1. The number of benzene rings is 1. The highest BCUT2D eigenvalue weighted by atomic mass is 16.3. The van der Waals surface area contributed by atoms with Gasteiger partial charge in [0.1, 0.15) is 0 Å². The standard InChI is InChI=1S/C14H21NO/c1-5-15-10(2)8-11-6-7-12(9-13(11)15)14(3,4)16/h6-7,9-10,16H,5,8H2,1-4H3. The molecule has 2 rings (SSSR count). The number of aliphatic hydroxyl groups is 1. The lowest BCUT2D eigenvalue weighted by Gasteiger charge is -2.25. The Morgan fingerprint density at radius 2 is 2.12 bits per heavy atom. The van der Waals surface area contributed by atoms with Gasteiger partial charge in [0.2, 0.25) is 0 Å². The summed E-state index contributed by atoms with van der Waals surface area (Å²) in [6, 6.07) is 6.93. The molecule has 0 aliphatic carbocycles. The van der Waals surface area contributed by atoms with Gasteiger partial charge >= 0.3 is 0 Å². The minimum Gasteiger partial charge on any atom is -0.386 e. The van der Waals surface area contributed by atoms with E-state index in [0.29, 0.717) is 6.04 Å². The third kappa shape index (κ3) is 1.82. The Bertz CT molecular complexity index is 392. The lowest BCUT2D eigenvalue weighted by atomic mass is 9.96. The number of rotatable bonds is 2. The van der Waals surface area contributed by atoms with Crippen LogP contribution in [-0.2, 0) is 12.0 Å². The number of hydrogen-bond acceptors (Lipinski definition) is 2. The lowest BCUT2D eigenvalue weighted by molar-refractivity contribution is 0.0786. The van der Waals surface area contributed by atoms with Crippen LogP contribution in [0.4, 0.5) is 5.69 Å². The molecule has 1 aromatic carbocycles. The molecule has 1 heterocycles. The van der Waals surface area contributed by atoms with Gasteiger partial charge in [-0.15, -0.1) is 0 Å². The zero-order chi connectivity index (χ0) is 11.9. The van der Waals surface area contributed by atoms with Crippen LogP contribution in [0.2, 0.25) is 0 Å². The average molecular weight is 219 g/mol. The van der Waals surface area contributed by atoms with Gasteiger partial charge in [0.15, 0.2) is 0 Å². The van der Waals surface area contributed by atoms with E-state index in [4.69, 9.17) is 0 Å². The molecule has 0 aromatic heterocycles. The maximum absolute atomic E-state index is 10.0. The normalized spacial score (nSPS) is 20.1. The van der Waals surface area contributed by atoms with Crippen molar-refractivity contribution < 1.29 is 5.11 Å². The number of likely N-dealkylation sites (N-methyl/N-ethyl adjacent to an activating group) is 1. The molecule has 1 atom stereocenters. The van der Waals surface area contributed by atoms with E-state index in [1.54, 1.807) is 0 Å². The van der Waals surface area contributed by atoms with Crippen molar-refractivity contribution >= 4 is 5.69 Å². The summed E-state index contributed by atoms with van der Waals surface area (Å²) in [5.74, 6) is 0. The van der Waals surface area contributed by atoms with Gasteiger partial charge < -0.3 is 10.0 Å². The quantitative estimate of drug-likeness (QED) is 0.826. The van der Waals surface area contributed by atoms with Gasteiger partial charge in [0, 0.05) is 18.3 Å². The van der Waals surface area contributed by atoms with Gasteiger partial charge in [-0.25, -0.2) is 0 Å². The summed E-state index contributed by atoms with van der Waals surface area (Å²) in [4.78, 5) is 2.41. The molecule has 0 radical (unpaired) electrons. The van der Waals surface area contributed by atoms with E-state index in [1.165, 1.54) is 11.3 Å². The van der Waals surface area contributed by atoms with E-state index in [1.807, 2.05) is 19.9 Å². The number of anilines is 1. The molecular weight excluding hydrogens is 198 g/mol. The third-order valence-electron chi connectivity index (χ3n) is 3.49. The molecule has 0 saturated carbocycles. The molecular formula is C14H21NO. The van der Waals surface area contributed by atoms with Gasteiger partial charge in [-0.3, -0.25) is 0 Å². The van der Waals surface area contributed by atoms with Gasteiger partial charge in [-0.05, 0) is 51.3 Å². The second-order valence-corrected chi connectivity index (χ2v) is 5.24. The Hall–Kier alpha value is -1.02. The zero-order valence-corrected chi connectivity index (χ0v) is 10.6. The molecule has 0 spiro atoms. The Balaban J connectivity index is 2.43. The highest BCUT2D eigenvalue weighted by Crippen LogP contribution is 2.35. The summed E-state index contributed by atoms with van der Waals surface area (Å²) < 4.78 is 0. The van der Waals surface area contributed by atoms with E-state index < -0.39 is 5.60 Å². The summed E-state index contributed by atoms with van der Waals surface area (Å²) >= 11 is 0. The van der Waals surface area contributed by atoms with Crippen molar-refractivity contribution in [2.75, 3.05) is 11.4 Å². The van der Waals surface area contributed by atoms with Crippen LogP contribution in [0.5, 0.6) is 0 Å². The molecule has 0 fully saturated rings. The molecule has 1 aromatic rings. The predicted octanol–water partition coefficient (Wildman–Crippen LogP) is 2.68. The van der Waals surface area contributed by atoms with Crippen molar-refractivity contribution in [3.05, 3.63) is 29.3 Å². The van der Waals surface area contributed by atoms with Crippen LogP contribution >= 0.6 is 0 Å². The first-order valence-electron chi connectivity index (χ1n) is 6.06. The maximum Gasteiger partial charge on any atom is 0.0841 e. The van der Waals surface area contributed by atoms with Crippen LogP contribution in [-0.4, -0.2) is 17.7 Å². The fraction of sp³-hybridized carbons (Fsp3) is 0.571. The number of fused-ring (bicyclic) bond motifs is 1. The van der Waals surface area contributed by atoms with Crippen LogP contribution < -0.4 is 4.90 Å². The van der Waals surface area contributed by atoms with Crippen LogP contribution in [0, 0.1) is 0 Å². The van der Waals surface area contributed by atoms with Crippen molar-refractivity contribution in [2.45, 2.75) is 45.8 Å². The first kappa shape index (κ1) is 11.5. The smallest absolute Gasteiger partial charge is 0.0841 e. The van der Waals surface area contributed by atoms with E-state index in [0.717, 1.165) is 18.5 Å². The molecule has 0 bridgehead atoms. The summed E-state index contributed by atoms with van der Waals surface area (Å²) in [5, 5.41) is 10.0. The predicted molar refractivity (Wildman–Crippen MR) is 67.9 cm³/mol. The van der Waals surface area contributed by atoms with Crippen LogP contribution in [0.15, 0.2) is 18.2 Å². The largest absolute Gasteiger partial charge is 0.386 e. The van der Waals surface area contributed by atoms with Gasteiger partial charge in [0.25, 0.3) is 0 Å². The maximum atomic E-state index is 10.0. The summed E-state index contributed by atoms with van der Waals surface area (Å²) in [6.45, 7) is 9.14. The van der Waals surface area contributed by atoms with E-state index in [-0.39, 0.29) is 0 Å². The average Bonchev–Trinajstić information content (AvgIpc) is 2.50. The molecule has 1 aliphatic heterocycles. The van der Waals surface area contributed by atoms with Crippen molar-refractivity contribution in [1.29, 1.82) is 0 Å². The molecule has 88 valence electrons. The second kappa shape index (κ2) is 3.77. The molecule has 0 amide bonds. The number of nitrogens with zero attached hydrogens (tertiary/aromatic N) is 1. The topological polar surface area (TPSA) is 23.5 Å². The van der Waals surface area contributed by atoms with Crippen molar-refractivity contribution in [3.8, 4) is 0 Å². The SMILES string of the molecule is CCN1c2cc(C(C)(C)O)ccc2CC1C. The van der Waals surface area contributed by atoms with E-state index >= 15 is 0 Å². The van der Waals surface area contributed by atoms with Crippen LogP contribution in [0.3, 0.4) is 0 Å². The third-order valence-corrected chi connectivity index (χ3v) is 3.49. The molecule has 1 unspecified atom stereocenters. The van der Waals surface area contributed by atoms with Crippen molar-refractivity contribution in [2.24, 2.45) is 0 Å². The monoisotopic (exact) mass is 219 g/mol. The van der Waals surface area contributed by atoms with Gasteiger partial charge in [0.05, 0.1) is 5.60 Å². The molecule has 1 N–H and O–H groups in total. The molecule has 16 heavy (non-hydrogen) atoms. The summed E-state index contributed by atoms with van der Waals surface area (Å²) in [5.41, 5.74) is 2.95. The summed E-state index contributed by atoms with van der Waals surface area (Å²) in [7, 11) is 0. The molecule has 2 nitrogen and oxygen atoms in total. The van der Waals surface area contributed by atoms with Gasteiger partial charge in [-0.1, -0.05) is 12.1 Å². The minimum atomic E-state index is -0.750.